The maximum Gasteiger partial charge on any atom is 0.338 e. The summed E-state index contributed by atoms with van der Waals surface area (Å²) in [7, 11) is -3.87. The van der Waals surface area contributed by atoms with Crippen molar-refractivity contribution in [3.8, 4) is 0 Å². The summed E-state index contributed by atoms with van der Waals surface area (Å²) in [6.45, 7) is 3.57. The van der Waals surface area contributed by atoms with Gasteiger partial charge in [0.2, 0.25) is 10.0 Å². The monoisotopic (exact) mass is 467 g/mol. The van der Waals surface area contributed by atoms with Crippen LogP contribution in [0, 0.1) is 13.8 Å². The van der Waals surface area contributed by atoms with Crippen molar-refractivity contribution in [2.45, 2.75) is 31.9 Å². The number of hydrogen-bond acceptors (Lipinski definition) is 7. The van der Waals surface area contributed by atoms with E-state index in [2.05, 4.69) is 4.72 Å². The molecule has 0 radical (unpaired) electrons. The molecule has 0 saturated heterocycles. The van der Waals surface area contributed by atoms with Gasteiger partial charge < -0.3 is 13.6 Å². The van der Waals surface area contributed by atoms with E-state index in [0.717, 1.165) is 11.1 Å². The zero-order valence-electron chi connectivity index (χ0n) is 18.0. The summed E-state index contributed by atoms with van der Waals surface area (Å²) in [4.78, 5) is 24.5. The van der Waals surface area contributed by atoms with Gasteiger partial charge in [0.05, 0.1) is 23.3 Å². The summed E-state index contributed by atoms with van der Waals surface area (Å²) in [6, 6.07) is 13.8. The molecular weight excluding hydrogens is 446 g/mol. The van der Waals surface area contributed by atoms with Crippen molar-refractivity contribution in [3.05, 3.63) is 99.3 Å². The Morgan fingerprint density at radius 3 is 2.64 bits per heavy atom. The molecule has 0 aliphatic rings. The summed E-state index contributed by atoms with van der Waals surface area (Å²) in [5.41, 5.74) is 2.27. The van der Waals surface area contributed by atoms with E-state index < -0.39 is 21.6 Å². The molecule has 0 atom stereocenters. The molecule has 0 amide bonds. The fourth-order valence-electron chi connectivity index (χ4n) is 3.32. The van der Waals surface area contributed by atoms with E-state index in [9.17, 15) is 18.0 Å². The highest BCUT2D eigenvalue weighted by atomic mass is 32.2. The molecule has 4 rings (SSSR count). The van der Waals surface area contributed by atoms with E-state index in [1.165, 1.54) is 36.6 Å². The third kappa shape index (κ3) is 4.89. The second kappa shape index (κ2) is 9.05. The number of aryl methyl sites for hydroxylation is 2. The normalized spacial score (nSPS) is 11.6. The number of benzene rings is 2. The molecule has 9 heteroatoms. The highest BCUT2D eigenvalue weighted by Crippen LogP contribution is 2.24. The fraction of sp³-hybridized carbons (Fsp3) is 0.167. The van der Waals surface area contributed by atoms with Gasteiger partial charge in [-0.2, -0.15) is 0 Å². The van der Waals surface area contributed by atoms with Crippen LogP contribution in [0.3, 0.4) is 0 Å². The summed E-state index contributed by atoms with van der Waals surface area (Å²) in [6.07, 6.45) is 1.45. The molecule has 0 aliphatic heterocycles. The van der Waals surface area contributed by atoms with Gasteiger partial charge in [-0.05, 0) is 55.3 Å². The lowest BCUT2D eigenvalue weighted by atomic mass is 10.0. The minimum atomic E-state index is -3.87. The van der Waals surface area contributed by atoms with Crippen molar-refractivity contribution in [1.29, 1.82) is 0 Å². The van der Waals surface area contributed by atoms with E-state index in [1.807, 2.05) is 26.0 Å². The average molecular weight is 467 g/mol. The van der Waals surface area contributed by atoms with Gasteiger partial charge in [0.1, 0.15) is 18.0 Å². The van der Waals surface area contributed by atoms with Crippen LogP contribution in [0.2, 0.25) is 0 Å². The van der Waals surface area contributed by atoms with Crippen LogP contribution < -0.4 is 10.3 Å². The quantitative estimate of drug-likeness (QED) is 0.324. The molecule has 1 N–H and O–H groups in total. The Morgan fingerprint density at radius 2 is 1.88 bits per heavy atom. The molecule has 0 unspecified atom stereocenters. The number of hydrogen-bond donors (Lipinski definition) is 1. The molecule has 0 spiro atoms. The first-order valence-corrected chi connectivity index (χ1v) is 11.5. The Balaban J connectivity index is 1.52. The first-order valence-electron chi connectivity index (χ1n) is 10.1. The number of furan rings is 1. The number of carbonyl (C=O) groups excluding carboxylic acids is 1. The number of nitrogens with one attached hydrogen (secondary N) is 1. The minimum Gasteiger partial charge on any atom is -0.468 e. The maximum absolute atomic E-state index is 12.6. The van der Waals surface area contributed by atoms with Gasteiger partial charge in [-0.15, -0.1) is 0 Å². The van der Waals surface area contributed by atoms with Gasteiger partial charge >= 0.3 is 11.6 Å². The predicted molar refractivity (Wildman–Crippen MR) is 120 cm³/mol. The largest absolute Gasteiger partial charge is 0.468 e. The third-order valence-corrected chi connectivity index (χ3v) is 6.67. The Morgan fingerprint density at radius 1 is 1.06 bits per heavy atom. The van der Waals surface area contributed by atoms with Gasteiger partial charge in [0, 0.05) is 17.0 Å². The molecule has 2 aromatic carbocycles. The molecule has 2 aromatic heterocycles. The SMILES string of the molecule is Cc1ccc2c(COC(=O)c3cccc(S(=O)(=O)NCc4ccco4)c3)cc(=O)oc2c1C. The van der Waals surface area contributed by atoms with Crippen molar-refractivity contribution < 1.29 is 26.8 Å². The maximum atomic E-state index is 12.6. The lowest BCUT2D eigenvalue weighted by Gasteiger charge is -2.10. The van der Waals surface area contributed by atoms with Crippen molar-refractivity contribution in [2.75, 3.05) is 0 Å². The standard InChI is InChI=1S/C24H21NO7S/c1-15-8-9-21-18(12-22(26)32-23(21)16(15)2)14-31-24(27)17-5-3-7-20(11-17)33(28,29)25-13-19-6-4-10-30-19/h3-12,25H,13-14H2,1-2H3. The van der Waals surface area contributed by atoms with Crippen LogP contribution in [0.25, 0.3) is 11.0 Å². The van der Waals surface area contributed by atoms with E-state index in [0.29, 0.717) is 22.3 Å². The van der Waals surface area contributed by atoms with Crippen molar-refractivity contribution in [2.24, 2.45) is 0 Å². The summed E-state index contributed by atoms with van der Waals surface area (Å²) < 4.78 is 43.4. The summed E-state index contributed by atoms with van der Waals surface area (Å²) in [5.74, 6) is -0.262. The van der Waals surface area contributed by atoms with Crippen LogP contribution in [0.5, 0.6) is 0 Å². The molecule has 8 nitrogen and oxygen atoms in total. The Kier molecular flexibility index (Phi) is 6.17. The minimum absolute atomic E-state index is 0.0213. The second-order valence-corrected chi connectivity index (χ2v) is 9.25. The van der Waals surface area contributed by atoms with E-state index in [4.69, 9.17) is 13.6 Å². The first-order chi connectivity index (χ1) is 15.7. The molecule has 170 valence electrons. The van der Waals surface area contributed by atoms with E-state index in [1.54, 1.807) is 12.1 Å². The van der Waals surface area contributed by atoms with Crippen LogP contribution >= 0.6 is 0 Å². The van der Waals surface area contributed by atoms with Crippen molar-refractivity contribution >= 4 is 27.0 Å². The molecule has 33 heavy (non-hydrogen) atoms. The second-order valence-electron chi connectivity index (χ2n) is 7.48. The van der Waals surface area contributed by atoms with Gasteiger partial charge in [0.15, 0.2) is 0 Å². The van der Waals surface area contributed by atoms with Crippen LogP contribution in [0.1, 0.15) is 32.8 Å². The number of carbonyl (C=O) groups is 1. The smallest absolute Gasteiger partial charge is 0.338 e. The van der Waals surface area contributed by atoms with Gasteiger partial charge in [-0.25, -0.2) is 22.7 Å². The number of ether oxygens (including phenoxy) is 1. The molecule has 0 fully saturated rings. The molecule has 0 aliphatic carbocycles. The van der Waals surface area contributed by atoms with Gasteiger partial charge in [-0.3, -0.25) is 0 Å². The van der Waals surface area contributed by atoms with Crippen LogP contribution in [0.4, 0.5) is 0 Å². The number of fused-ring (bicyclic) bond motifs is 1. The number of esters is 1. The summed E-state index contributed by atoms with van der Waals surface area (Å²) >= 11 is 0. The topological polar surface area (TPSA) is 116 Å². The Labute approximate surface area is 189 Å². The average Bonchev–Trinajstić information content (AvgIpc) is 3.32. The fourth-order valence-corrected chi connectivity index (χ4v) is 4.36. The molecular formula is C24H21NO7S. The number of rotatable bonds is 7. The van der Waals surface area contributed by atoms with E-state index >= 15 is 0 Å². The van der Waals surface area contributed by atoms with Crippen molar-refractivity contribution in [3.63, 3.8) is 0 Å². The third-order valence-electron chi connectivity index (χ3n) is 5.27. The molecule has 2 heterocycles. The lowest BCUT2D eigenvalue weighted by molar-refractivity contribution is 0.0473. The van der Waals surface area contributed by atoms with Gasteiger partial charge in [0.25, 0.3) is 0 Å². The molecule has 0 saturated carbocycles. The van der Waals surface area contributed by atoms with Crippen LogP contribution in [-0.4, -0.2) is 14.4 Å². The van der Waals surface area contributed by atoms with E-state index in [-0.39, 0.29) is 23.6 Å². The molecule has 0 bridgehead atoms. The van der Waals surface area contributed by atoms with Crippen LogP contribution in [0.15, 0.2) is 79.4 Å². The zero-order valence-corrected chi connectivity index (χ0v) is 18.8. The molecule has 4 aromatic rings. The lowest BCUT2D eigenvalue weighted by Crippen LogP contribution is -2.23. The predicted octanol–water partition coefficient (Wildman–Crippen LogP) is 3.84. The first kappa shape index (κ1) is 22.5. The highest BCUT2D eigenvalue weighted by Gasteiger charge is 2.18. The highest BCUT2D eigenvalue weighted by molar-refractivity contribution is 7.89. The van der Waals surface area contributed by atoms with Crippen LogP contribution in [-0.2, 0) is 27.9 Å². The summed E-state index contributed by atoms with van der Waals surface area (Å²) in [5, 5.41) is 0.670. The Hall–Kier alpha value is -3.69. The van der Waals surface area contributed by atoms with Crippen molar-refractivity contribution in [1.82, 2.24) is 4.72 Å². The zero-order chi connectivity index (χ0) is 23.6. The Bertz CT molecular complexity index is 1490. The number of sulfonamides is 1. The van der Waals surface area contributed by atoms with Gasteiger partial charge in [-0.1, -0.05) is 18.2 Å².